The molecule has 182 valence electrons. The van der Waals surface area contributed by atoms with Crippen molar-refractivity contribution in [2.45, 2.75) is 70.4 Å². The Balaban J connectivity index is 1.14. The van der Waals surface area contributed by atoms with Gasteiger partial charge in [0.05, 0.1) is 6.04 Å². The third-order valence-corrected chi connectivity index (χ3v) is 7.67. The predicted octanol–water partition coefficient (Wildman–Crippen LogP) is 2.90. The van der Waals surface area contributed by atoms with E-state index in [2.05, 4.69) is 22.5 Å². The third-order valence-electron chi connectivity index (χ3n) is 7.67. The molecule has 0 bridgehead atoms. The zero-order valence-electron chi connectivity index (χ0n) is 20.1. The summed E-state index contributed by atoms with van der Waals surface area (Å²) in [5.41, 5.74) is 1.01. The van der Waals surface area contributed by atoms with E-state index in [0.29, 0.717) is 6.42 Å². The first-order chi connectivity index (χ1) is 16.4. The van der Waals surface area contributed by atoms with Gasteiger partial charge in [0.1, 0.15) is 0 Å². The number of unbranched alkanes of at least 4 members (excludes halogenated alkanes) is 2. The van der Waals surface area contributed by atoms with Crippen LogP contribution >= 0.6 is 0 Å². The number of nitrogens with one attached hydrogen (secondary N) is 2. The van der Waals surface area contributed by atoms with Crippen LogP contribution in [0.2, 0.25) is 0 Å². The van der Waals surface area contributed by atoms with Gasteiger partial charge in [-0.3, -0.25) is 9.59 Å². The monoisotopic (exact) mass is 464 g/mol. The van der Waals surface area contributed by atoms with Crippen LogP contribution in [0.25, 0.3) is 0 Å². The number of nitrogens with zero attached hydrogens (tertiary/aromatic N) is 2. The molecular weight excluding hydrogens is 428 g/mol. The van der Waals surface area contributed by atoms with E-state index in [0.717, 1.165) is 76.7 Å². The van der Waals surface area contributed by atoms with Gasteiger partial charge in [-0.1, -0.05) is 37.0 Å². The van der Waals surface area contributed by atoms with E-state index in [1.54, 1.807) is 0 Å². The van der Waals surface area contributed by atoms with Crippen molar-refractivity contribution in [2.75, 3.05) is 26.2 Å². The summed E-state index contributed by atoms with van der Waals surface area (Å²) in [5.74, 6) is 5.89. The molecule has 1 aromatic carbocycles. The van der Waals surface area contributed by atoms with Crippen LogP contribution in [0.1, 0.15) is 63.9 Å². The van der Waals surface area contributed by atoms with Crippen molar-refractivity contribution in [3.05, 3.63) is 35.9 Å². The minimum Gasteiger partial charge on any atom is -0.342 e. The number of amides is 4. The van der Waals surface area contributed by atoms with E-state index in [1.165, 1.54) is 0 Å². The Hall–Kier alpha value is -3.01. The van der Waals surface area contributed by atoms with Gasteiger partial charge in [-0.25, -0.2) is 4.79 Å². The summed E-state index contributed by atoms with van der Waals surface area (Å²) >= 11 is 0. The lowest BCUT2D eigenvalue weighted by Gasteiger charge is -2.38. The Kier molecular flexibility index (Phi) is 7.77. The second-order valence-electron chi connectivity index (χ2n) is 10.1. The first-order valence-electron chi connectivity index (χ1n) is 12.6. The van der Waals surface area contributed by atoms with Crippen molar-refractivity contribution in [1.82, 2.24) is 20.4 Å². The molecule has 2 N–H and O–H groups in total. The van der Waals surface area contributed by atoms with Crippen molar-refractivity contribution in [3.8, 4) is 11.8 Å². The van der Waals surface area contributed by atoms with Crippen molar-refractivity contribution in [1.29, 1.82) is 0 Å². The maximum atomic E-state index is 12.8. The van der Waals surface area contributed by atoms with Gasteiger partial charge in [0.2, 0.25) is 5.91 Å². The second-order valence-corrected chi connectivity index (χ2v) is 10.1. The normalized spacial score (nSPS) is 23.3. The molecule has 3 aliphatic heterocycles. The van der Waals surface area contributed by atoms with Crippen LogP contribution < -0.4 is 10.6 Å². The molecule has 0 unspecified atom stereocenters. The minimum absolute atomic E-state index is 0.0778. The van der Waals surface area contributed by atoms with Crippen molar-refractivity contribution in [2.24, 2.45) is 5.41 Å². The summed E-state index contributed by atoms with van der Waals surface area (Å²) in [7, 11) is 0. The Morgan fingerprint density at radius 3 is 2.38 bits per heavy atom. The van der Waals surface area contributed by atoms with E-state index in [-0.39, 0.29) is 35.3 Å². The third kappa shape index (κ3) is 6.11. The molecule has 7 nitrogen and oxygen atoms in total. The molecule has 2 atom stereocenters. The highest BCUT2D eigenvalue weighted by Crippen LogP contribution is 2.40. The van der Waals surface area contributed by atoms with E-state index >= 15 is 0 Å². The zero-order chi connectivity index (χ0) is 24.0. The van der Waals surface area contributed by atoms with E-state index in [1.807, 2.05) is 47.1 Å². The first-order valence-corrected chi connectivity index (χ1v) is 12.6. The molecule has 34 heavy (non-hydrogen) atoms. The van der Waals surface area contributed by atoms with Gasteiger partial charge in [0.25, 0.3) is 5.91 Å². The lowest BCUT2D eigenvalue weighted by molar-refractivity contribution is -0.132. The minimum atomic E-state index is -0.105. The Bertz CT molecular complexity index is 944. The maximum absolute atomic E-state index is 12.8. The SMILES string of the molecule is C[C@@H]1NC(=O)N[C@@H]1CCCCCC(=O)N1CCC2(CCN(C(=O)C#Cc3ccccc3)CC2)C1. The molecule has 0 saturated carbocycles. The highest BCUT2D eigenvalue weighted by molar-refractivity contribution is 5.94. The topological polar surface area (TPSA) is 81.8 Å². The number of piperidine rings is 1. The summed E-state index contributed by atoms with van der Waals surface area (Å²) in [6.07, 6.45) is 7.38. The second kappa shape index (κ2) is 10.9. The maximum Gasteiger partial charge on any atom is 0.315 e. The molecule has 4 rings (SSSR count). The Morgan fingerprint density at radius 1 is 1.00 bits per heavy atom. The predicted molar refractivity (Wildman–Crippen MR) is 131 cm³/mol. The van der Waals surface area contributed by atoms with Gasteiger partial charge >= 0.3 is 6.03 Å². The van der Waals surface area contributed by atoms with Crippen LogP contribution in [0, 0.1) is 17.3 Å². The van der Waals surface area contributed by atoms with Gasteiger partial charge in [0.15, 0.2) is 0 Å². The molecule has 0 aromatic heterocycles. The lowest BCUT2D eigenvalue weighted by Crippen LogP contribution is -2.44. The van der Waals surface area contributed by atoms with Gasteiger partial charge in [-0.05, 0) is 56.6 Å². The van der Waals surface area contributed by atoms with Crippen LogP contribution in [0.15, 0.2) is 30.3 Å². The number of hydrogen-bond acceptors (Lipinski definition) is 3. The molecule has 3 heterocycles. The first kappa shape index (κ1) is 24.1. The molecule has 1 spiro atoms. The van der Waals surface area contributed by atoms with Crippen LogP contribution in [-0.4, -0.2) is 65.9 Å². The summed E-state index contributed by atoms with van der Waals surface area (Å²) in [4.78, 5) is 40.5. The average molecular weight is 465 g/mol. The van der Waals surface area contributed by atoms with Crippen molar-refractivity contribution in [3.63, 3.8) is 0 Å². The van der Waals surface area contributed by atoms with Crippen LogP contribution in [-0.2, 0) is 9.59 Å². The van der Waals surface area contributed by atoms with Gasteiger partial charge in [-0.2, -0.15) is 0 Å². The summed E-state index contributed by atoms with van der Waals surface area (Å²) in [6, 6.07) is 9.88. The van der Waals surface area contributed by atoms with Crippen molar-refractivity contribution < 1.29 is 14.4 Å². The largest absolute Gasteiger partial charge is 0.342 e. The molecule has 0 aliphatic carbocycles. The Labute approximate surface area is 202 Å². The fourth-order valence-electron chi connectivity index (χ4n) is 5.41. The standard InChI is InChI=1S/C27H36N4O3/c1-21-23(29-26(34)28-21)10-6-3-7-11-24(32)31-19-16-27(20-31)14-17-30(18-15-27)25(33)13-12-22-8-4-2-5-9-22/h2,4-5,8-9,21,23H,3,6-7,10-11,14-20H2,1H3,(H2,28,29,34)/t21-,23+/m0/s1. The number of rotatable bonds is 6. The number of likely N-dealkylation sites (tertiary alicyclic amines) is 2. The van der Waals surface area contributed by atoms with Crippen molar-refractivity contribution >= 4 is 17.8 Å². The molecule has 3 saturated heterocycles. The van der Waals surface area contributed by atoms with Gasteiger partial charge < -0.3 is 20.4 Å². The van der Waals surface area contributed by atoms with Crippen LogP contribution in [0.5, 0.6) is 0 Å². The summed E-state index contributed by atoms with van der Waals surface area (Å²) in [5, 5.41) is 5.82. The summed E-state index contributed by atoms with van der Waals surface area (Å²) in [6.45, 7) is 5.11. The molecular formula is C27H36N4O3. The highest BCUT2D eigenvalue weighted by atomic mass is 16.2. The molecule has 7 heteroatoms. The van der Waals surface area contributed by atoms with Crippen LogP contribution in [0.4, 0.5) is 4.79 Å². The van der Waals surface area contributed by atoms with Crippen LogP contribution in [0.3, 0.4) is 0 Å². The fraction of sp³-hybridized carbons (Fsp3) is 0.593. The number of urea groups is 1. The average Bonchev–Trinajstić information content (AvgIpc) is 3.40. The van der Waals surface area contributed by atoms with Gasteiger partial charge in [-0.15, -0.1) is 0 Å². The molecule has 0 radical (unpaired) electrons. The number of carbonyl (C=O) groups is 3. The van der Waals surface area contributed by atoms with E-state index in [4.69, 9.17) is 0 Å². The summed E-state index contributed by atoms with van der Waals surface area (Å²) < 4.78 is 0. The number of hydrogen-bond donors (Lipinski definition) is 2. The molecule has 1 aromatic rings. The quantitative estimate of drug-likeness (QED) is 0.502. The molecule has 3 fully saturated rings. The molecule has 4 amide bonds. The van der Waals surface area contributed by atoms with E-state index < -0.39 is 0 Å². The highest BCUT2D eigenvalue weighted by Gasteiger charge is 2.42. The fourth-order valence-corrected chi connectivity index (χ4v) is 5.41. The zero-order valence-corrected chi connectivity index (χ0v) is 20.1. The molecule has 3 aliphatic rings. The Morgan fingerprint density at radius 2 is 1.71 bits per heavy atom. The number of carbonyl (C=O) groups excluding carboxylic acids is 3. The smallest absolute Gasteiger partial charge is 0.315 e. The van der Waals surface area contributed by atoms with E-state index in [9.17, 15) is 14.4 Å². The lowest BCUT2D eigenvalue weighted by atomic mass is 9.78. The van der Waals surface area contributed by atoms with Gasteiger partial charge in [0, 0.05) is 50.1 Å². The number of benzene rings is 1.